The van der Waals surface area contributed by atoms with E-state index in [0.29, 0.717) is 12.1 Å². The number of nitrogens with zero attached hydrogens (tertiary/aromatic N) is 7. The maximum atomic E-state index is 12.5. The van der Waals surface area contributed by atoms with Gasteiger partial charge in [0.1, 0.15) is 37.6 Å². The molecule has 5 aromatic rings. The Balaban J connectivity index is 1.70. The quantitative estimate of drug-likeness (QED) is 0.0388. The van der Waals surface area contributed by atoms with Crippen LogP contribution in [0.4, 0.5) is 40.1 Å². The molecule has 7 N–H and O–H groups in total. The maximum Gasteiger partial charge on any atom is 0.296 e. The first-order valence-corrected chi connectivity index (χ1v) is 21.0. The highest BCUT2D eigenvalue weighted by atomic mass is 35.5. The molecule has 21 nitrogen and oxygen atoms in total. The average Bonchev–Trinajstić information content (AvgIpc) is 3.05. The van der Waals surface area contributed by atoms with Crippen LogP contribution in [0, 0.1) is 6.92 Å². The Bertz CT molecular complexity index is 2910. The number of phenolic OH excluding ortho intramolecular Hbond substituents is 1. The summed E-state index contributed by atoms with van der Waals surface area (Å²) < 4.78 is 129. The Morgan fingerprint density at radius 2 is 1.36 bits per heavy atom. The molecule has 0 amide bonds. The summed E-state index contributed by atoms with van der Waals surface area (Å²) >= 11 is 5.86. The van der Waals surface area contributed by atoms with E-state index in [2.05, 4.69) is 47.3 Å². The summed E-state index contributed by atoms with van der Waals surface area (Å²) in [6.07, 6.45) is 1.19. The monoisotopic (exact) mass is 853 g/mol. The number of aromatic nitrogens is 3. The van der Waals surface area contributed by atoms with Crippen LogP contribution in [0.25, 0.3) is 10.8 Å². The number of nitrogen functional groups attached to an aromatic ring is 1. The Kier molecular flexibility index (Phi) is 11.0. The molecule has 0 bridgehead atoms. The summed E-state index contributed by atoms with van der Waals surface area (Å²) in [6, 6.07) is 9.09. The molecule has 1 heterocycles. The minimum atomic E-state index is -5.35. The van der Waals surface area contributed by atoms with Gasteiger partial charge < -0.3 is 16.2 Å². The van der Waals surface area contributed by atoms with Gasteiger partial charge in [-0.15, -0.1) is 21.9 Å². The van der Waals surface area contributed by atoms with Crippen LogP contribution >= 0.6 is 11.6 Å². The van der Waals surface area contributed by atoms with E-state index in [1.807, 2.05) is 0 Å². The lowest BCUT2D eigenvalue weighted by Crippen LogP contribution is -2.04. The van der Waals surface area contributed by atoms with Gasteiger partial charge in [-0.25, -0.2) is 13.4 Å². The zero-order valence-corrected chi connectivity index (χ0v) is 31.5. The van der Waals surface area contributed by atoms with Crippen LogP contribution in [0.15, 0.2) is 107 Å². The van der Waals surface area contributed by atoms with Crippen molar-refractivity contribution in [3.63, 3.8) is 0 Å². The first-order valence-electron chi connectivity index (χ1n) is 14.6. The third-order valence-corrected chi connectivity index (χ3v) is 11.6. The number of hydrogen-bond acceptors (Lipinski definition) is 18. The van der Waals surface area contributed by atoms with Crippen molar-refractivity contribution in [3.8, 4) is 5.75 Å². The van der Waals surface area contributed by atoms with Crippen LogP contribution in [0.5, 0.6) is 5.75 Å². The molecule has 26 heteroatoms. The van der Waals surface area contributed by atoms with Gasteiger partial charge in [0.25, 0.3) is 30.4 Å². The summed E-state index contributed by atoms with van der Waals surface area (Å²) in [5, 5.41) is 27.8. The number of phenols is 1. The predicted octanol–water partition coefficient (Wildman–Crippen LogP) is 5.55. The van der Waals surface area contributed by atoms with Crippen molar-refractivity contribution >= 4 is 103 Å². The number of aryl methyl sites for hydroxylation is 1. The highest BCUT2D eigenvalue weighted by Gasteiger charge is 2.28. The molecule has 0 spiro atoms. The van der Waals surface area contributed by atoms with E-state index in [-0.39, 0.29) is 39.1 Å². The molecule has 0 saturated carbocycles. The summed E-state index contributed by atoms with van der Waals surface area (Å²) in [5.41, 5.74) is 3.00. The molecule has 0 aliphatic rings. The summed E-state index contributed by atoms with van der Waals surface area (Å²) in [7, 11) is -19.3. The predicted molar refractivity (Wildman–Crippen MR) is 196 cm³/mol. The minimum absolute atomic E-state index is 0.0288. The van der Waals surface area contributed by atoms with E-state index in [4.69, 9.17) is 17.3 Å². The minimum Gasteiger partial charge on any atom is -0.505 e. The number of halogens is 1. The topological polar surface area (TPSA) is 344 Å². The van der Waals surface area contributed by atoms with Crippen molar-refractivity contribution in [2.75, 3.05) is 16.8 Å². The standard InChI is InChI=1S/C29H24ClN9O12S4/c1-3-10-52(41,42)18-7-4-16(5-8-18)36-38-25-21(54(46,47)48)11-15-12-22(55(49,50)51)26(27(40)23(15)24(25)31)39-37-19-13-17(6-9-20(19)53(43,44)45)34-29-33-14(2)32-28(30)35-29/h3-9,11-13,40H,1,10,31H2,2H3,(H,43,44,45)(H,46,47,48)(H,49,50,51)(H,32,33,34,35)/b38-36+,39-37+. The van der Waals surface area contributed by atoms with Crippen LogP contribution in [0.2, 0.25) is 5.28 Å². The third-order valence-electron chi connectivity index (χ3n) is 7.14. The molecule has 288 valence electrons. The fourth-order valence-corrected chi connectivity index (χ4v) is 8.00. The zero-order valence-electron chi connectivity index (χ0n) is 27.5. The summed E-state index contributed by atoms with van der Waals surface area (Å²) in [5.74, 6) is -1.41. The van der Waals surface area contributed by atoms with E-state index >= 15 is 0 Å². The van der Waals surface area contributed by atoms with E-state index in [0.717, 1.165) is 18.2 Å². The second-order valence-corrected chi connectivity index (χ2v) is 17.5. The van der Waals surface area contributed by atoms with Gasteiger partial charge in [0.15, 0.2) is 15.6 Å². The molecule has 0 fully saturated rings. The molecule has 0 aliphatic carbocycles. The highest BCUT2D eigenvalue weighted by Crippen LogP contribution is 2.48. The maximum absolute atomic E-state index is 12.5. The summed E-state index contributed by atoms with van der Waals surface area (Å²) in [4.78, 5) is 8.52. The van der Waals surface area contributed by atoms with E-state index in [1.165, 1.54) is 37.3 Å². The number of rotatable bonds is 12. The smallest absolute Gasteiger partial charge is 0.296 e. The molecular formula is C29H24ClN9O12S4. The van der Waals surface area contributed by atoms with Crippen LogP contribution in [0.3, 0.4) is 0 Å². The number of fused-ring (bicyclic) bond motifs is 1. The van der Waals surface area contributed by atoms with Gasteiger partial charge in [-0.1, -0.05) is 6.08 Å². The lowest BCUT2D eigenvalue weighted by molar-refractivity contribution is 0.472. The van der Waals surface area contributed by atoms with Gasteiger partial charge in [-0.3, -0.25) is 13.7 Å². The first kappa shape index (κ1) is 40.6. The lowest BCUT2D eigenvalue weighted by atomic mass is 10.1. The normalized spacial score (nSPS) is 12.8. The Labute approximate surface area is 316 Å². The van der Waals surface area contributed by atoms with Crippen LogP contribution in [0.1, 0.15) is 5.82 Å². The molecule has 0 atom stereocenters. The number of anilines is 3. The van der Waals surface area contributed by atoms with Gasteiger partial charge in [-0.05, 0) is 78.5 Å². The van der Waals surface area contributed by atoms with Gasteiger partial charge in [0.05, 0.1) is 27.4 Å². The van der Waals surface area contributed by atoms with E-state index < -0.39 is 94.1 Å². The lowest BCUT2D eigenvalue weighted by Gasteiger charge is -2.14. The van der Waals surface area contributed by atoms with Crippen molar-refractivity contribution < 1.29 is 52.4 Å². The molecule has 0 aliphatic heterocycles. The average molecular weight is 854 g/mol. The number of hydrogen-bond donors (Lipinski definition) is 6. The molecule has 4 aromatic carbocycles. The molecule has 1 aromatic heterocycles. The fraction of sp³-hybridized carbons (Fsp3) is 0.0690. The Hall–Kier alpha value is -5.54. The number of azo groups is 2. The van der Waals surface area contributed by atoms with Crippen molar-refractivity contribution in [3.05, 3.63) is 78.4 Å². The van der Waals surface area contributed by atoms with Gasteiger partial charge in [-0.2, -0.15) is 40.3 Å². The molecular weight excluding hydrogens is 830 g/mol. The van der Waals surface area contributed by atoms with Gasteiger partial charge in [0.2, 0.25) is 11.2 Å². The number of nitrogens with one attached hydrogen (secondary N) is 1. The number of benzene rings is 4. The number of nitrogens with two attached hydrogens (primary N) is 1. The Morgan fingerprint density at radius 3 is 1.93 bits per heavy atom. The molecule has 55 heavy (non-hydrogen) atoms. The van der Waals surface area contributed by atoms with Crippen molar-refractivity contribution in [2.45, 2.75) is 26.5 Å². The number of aromatic hydroxyl groups is 1. The van der Waals surface area contributed by atoms with Crippen LogP contribution < -0.4 is 11.1 Å². The van der Waals surface area contributed by atoms with E-state index in [9.17, 15) is 52.4 Å². The Morgan fingerprint density at radius 1 is 0.782 bits per heavy atom. The van der Waals surface area contributed by atoms with Crippen molar-refractivity contribution in [2.24, 2.45) is 20.5 Å². The highest BCUT2D eigenvalue weighted by molar-refractivity contribution is 7.91. The van der Waals surface area contributed by atoms with Crippen LogP contribution in [-0.4, -0.2) is 73.1 Å². The second kappa shape index (κ2) is 14.9. The molecule has 0 saturated heterocycles. The third kappa shape index (κ3) is 9.06. The van der Waals surface area contributed by atoms with Gasteiger partial charge >= 0.3 is 0 Å². The van der Waals surface area contributed by atoms with Gasteiger partial charge in [0, 0.05) is 5.69 Å². The molecule has 0 unspecified atom stereocenters. The second-order valence-electron chi connectivity index (χ2n) is 11.0. The largest absolute Gasteiger partial charge is 0.505 e. The fourth-order valence-electron chi connectivity index (χ4n) is 4.81. The molecule has 0 radical (unpaired) electrons. The van der Waals surface area contributed by atoms with Crippen LogP contribution in [-0.2, 0) is 40.2 Å². The van der Waals surface area contributed by atoms with Crippen molar-refractivity contribution in [1.29, 1.82) is 0 Å². The first-order chi connectivity index (χ1) is 25.5. The van der Waals surface area contributed by atoms with E-state index in [1.54, 1.807) is 0 Å². The summed E-state index contributed by atoms with van der Waals surface area (Å²) in [6.45, 7) is 4.89. The zero-order chi connectivity index (χ0) is 40.7. The molecule has 5 rings (SSSR count). The van der Waals surface area contributed by atoms with Crippen molar-refractivity contribution in [1.82, 2.24) is 15.0 Å². The number of sulfone groups is 1. The SMILES string of the molecule is C=CCS(=O)(=O)c1ccc(/N=N/c2c(S(=O)(=O)O)cc3cc(S(=O)(=O)O)c(/N=N/c4cc(Nc5nc(C)nc(Cl)n5)ccc4S(=O)(=O)O)c(O)c3c2N)cc1.